The van der Waals surface area contributed by atoms with Gasteiger partial charge in [0.05, 0.1) is 30.3 Å². The van der Waals surface area contributed by atoms with Crippen LogP contribution in [-0.4, -0.2) is 37.4 Å². The summed E-state index contributed by atoms with van der Waals surface area (Å²) in [6, 6.07) is 11.7. The molecule has 2 saturated carbocycles. The molecule has 4 aliphatic rings. The molecule has 3 fully saturated rings. The summed E-state index contributed by atoms with van der Waals surface area (Å²) in [6.07, 6.45) is 1.01. The first kappa shape index (κ1) is 23.2. The monoisotopic (exact) mass is 499 g/mol. The van der Waals surface area contributed by atoms with Crippen LogP contribution >= 0.6 is 0 Å². The van der Waals surface area contributed by atoms with Crippen LogP contribution in [0.4, 0.5) is 8.78 Å². The molecular formula is C27H27F2NO6. The Morgan fingerprint density at radius 3 is 2.39 bits per heavy atom. The van der Waals surface area contributed by atoms with Gasteiger partial charge >= 0.3 is 12.3 Å². The molecule has 0 radical (unpaired) electrons. The van der Waals surface area contributed by atoms with Crippen LogP contribution in [0.25, 0.3) is 0 Å². The number of nitrogens with one attached hydrogen (secondary N) is 1. The van der Waals surface area contributed by atoms with Crippen LogP contribution in [0.3, 0.4) is 0 Å². The first-order valence-corrected chi connectivity index (χ1v) is 12.3. The van der Waals surface area contributed by atoms with E-state index in [4.69, 9.17) is 9.47 Å². The number of carbonyl (C=O) groups excluding carboxylic acids is 2. The Kier molecular flexibility index (Phi) is 5.44. The van der Waals surface area contributed by atoms with Gasteiger partial charge in [0.1, 0.15) is 0 Å². The normalized spacial score (nSPS) is 27.2. The van der Waals surface area contributed by atoms with Gasteiger partial charge in [-0.1, -0.05) is 18.2 Å². The Morgan fingerprint density at radius 1 is 1.00 bits per heavy atom. The fourth-order valence-corrected chi connectivity index (χ4v) is 5.35. The zero-order valence-electron chi connectivity index (χ0n) is 19.8. The van der Waals surface area contributed by atoms with Crippen molar-refractivity contribution in [3.63, 3.8) is 0 Å². The summed E-state index contributed by atoms with van der Waals surface area (Å²) in [6.45, 7) is 0. The van der Waals surface area contributed by atoms with Crippen molar-refractivity contribution in [3.05, 3.63) is 59.2 Å². The molecule has 1 saturated heterocycles. The summed E-state index contributed by atoms with van der Waals surface area (Å²) in [5.74, 6) is -0.0833. The Hall–Kier alpha value is -3.20. The average molecular weight is 500 g/mol. The van der Waals surface area contributed by atoms with Crippen LogP contribution in [0.2, 0.25) is 0 Å². The minimum Gasteiger partial charge on any atom is -0.465 e. The van der Waals surface area contributed by atoms with E-state index >= 15 is 0 Å². The predicted molar refractivity (Wildman–Crippen MR) is 123 cm³/mol. The first-order valence-electron chi connectivity index (χ1n) is 12.3. The summed E-state index contributed by atoms with van der Waals surface area (Å²) in [5, 5.41) is 3.24. The van der Waals surface area contributed by atoms with Gasteiger partial charge in [0.25, 0.3) is 0 Å². The predicted octanol–water partition coefficient (Wildman–Crippen LogP) is 4.64. The Morgan fingerprint density at radius 2 is 1.72 bits per heavy atom. The molecule has 1 unspecified atom stereocenters. The molecule has 0 spiro atoms. The van der Waals surface area contributed by atoms with Crippen molar-refractivity contribution in [1.82, 2.24) is 5.32 Å². The second-order valence-electron chi connectivity index (χ2n) is 10.2. The van der Waals surface area contributed by atoms with Crippen molar-refractivity contribution in [2.75, 3.05) is 7.11 Å². The maximum absolute atomic E-state index is 13.5. The van der Waals surface area contributed by atoms with Gasteiger partial charge < -0.3 is 24.3 Å². The van der Waals surface area contributed by atoms with Crippen LogP contribution in [0.5, 0.6) is 11.5 Å². The Labute approximate surface area is 207 Å². The maximum Gasteiger partial charge on any atom is 0.586 e. The van der Waals surface area contributed by atoms with Crippen LogP contribution in [0.15, 0.2) is 42.5 Å². The van der Waals surface area contributed by atoms with E-state index in [0.717, 1.165) is 24.8 Å². The second kappa shape index (κ2) is 8.44. The topological polar surface area (TPSA) is 83.1 Å². The van der Waals surface area contributed by atoms with Gasteiger partial charge in [-0.05, 0) is 79.8 Å². The van der Waals surface area contributed by atoms with Crippen molar-refractivity contribution < 1.29 is 37.3 Å². The largest absolute Gasteiger partial charge is 0.586 e. The summed E-state index contributed by atoms with van der Waals surface area (Å²) in [5.41, 5.74) is 1.32. The number of carbonyl (C=O) groups is 2. The SMILES string of the molecule is COC(=O)c1ccc([C@H]2CC(NC(=O)C3(c4ccc5c(c4)OC(F)(F)O5)CC3)C[C@@H](C3CC3)O2)cc1. The molecule has 2 aromatic carbocycles. The molecule has 36 heavy (non-hydrogen) atoms. The molecule has 2 aromatic rings. The lowest BCUT2D eigenvalue weighted by atomic mass is 9.90. The van der Waals surface area contributed by atoms with E-state index < -0.39 is 17.7 Å². The van der Waals surface area contributed by atoms with E-state index in [1.54, 1.807) is 18.2 Å². The van der Waals surface area contributed by atoms with Crippen LogP contribution in [-0.2, 0) is 19.7 Å². The lowest BCUT2D eigenvalue weighted by Gasteiger charge is -2.37. The molecule has 7 nitrogen and oxygen atoms in total. The molecule has 6 rings (SSSR count). The summed E-state index contributed by atoms with van der Waals surface area (Å²) >= 11 is 0. The molecule has 3 atom stereocenters. The van der Waals surface area contributed by atoms with Crippen LogP contribution in [0, 0.1) is 5.92 Å². The molecule has 2 heterocycles. The van der Waals surface area contributed by atoms with Crippen LogP contribution in [0.1, 0.15) is 66.1 Å². The average Bonchev–Trinajstić information content (AvgIpc) is 3.78. The quantitative estimate of drug-likeness (QED) is 0.583. The first-order chi connectivity index (χ1) is 17.3. The standard InChI is InChI=1S/C27H27F2NO6/c1-33-24(31)17-6-4-16(5-7-17)22-14-19(13-21(34-22)15-2-3-15)30-25(32)26(10-11-26)18-8-9-20-23(12-18)36-27(28,29)35-20/h4-9,12,15,19,21-22H,2-3,10-11,13-14H2,1H3,(H,30,32)/t19?,21-,22+/m0/s1. The Balaban J connectivity index is 1.18. The smallest absolute Gasteiger partial charge is 0.465 e. The van der Waals surface area contributed by atoms with Crippen molar-refractivity contribution in [3.8, 4) is 11.5 Å². The molecule has 2 aliphatic carbocycles. The molecule has 0 bridgehead atoms. The third kappa shape index (κ3) is 4.30. The summed E-state index contributed by atoms with van der Waals surface area (Å²) < 4.78 is 47.2. The fraction of sp³-hybridized carbons (Fsp3) is 0.481. The highest BCUT2D eigenvalue weighted by Gasteiger charge is 2.53. The number of amides is 1. The molecule has 0 aromatic heterocycles. The summed E-state index contributed by atoms with van der Waals surface area (Å²) in [7, 11) is 1.35. The number of halogens is 2. The van der Waals surface area contributed by atoms with Gasteiger partial charge in [-0.3, -0.25) is 4.79 Å². The number of alkyl halides is 2. The van der Waals surface area contributed by atoms with Gasteiger partial charge in [-0.15, -0.1) is 8.78 Å². The van der Waals surface area contributed by atoms with Crippen molar-refractivity contribution in [2.24, 2.45) is 5.92 Å². The van der Waals surface area contributed by atoms with E-state index in [1.165, 1.54) is 19.2 Å². The molecule has 1 N–H and O–H groups in total. The van der Waals surface area contributed by atoms with Gasteiger partial charge in [-0.25, -0.2) is 4.79 Å². The molecule has 1 amide bonds. The lowest BCUT2D eigenvalue weighted by Crippen LogP contribution is -2.47. The van der Waals surface area contributed by atoms with Crippen LogP contribution < -0.4 is 14.8 Å². The Bertz CT molecular complexity index is 1190. The second-order valence-corrected chi connectivity index (χ2v) is 10.2. The maximum atomic E-state index is 13.5. The number of hydrogen-bond donors (Lipinski definition) is 1. The number of benzene rings is 2. The van der Waals surface area contributed by atoms with E-state index in [-0.39, 0.29) is 35.7 Å². The highest BCUT2D eigenvalue weighted by Crippen LogP contribution is 2.52. The van der Waals surface area contributed by atoms with Crippen molar-refractivity contribution in [1.29, 1.82) is 0 Å². The number of fused-ring (bicyclic) bond motifs is 1. The molecular weight excluding hydrogens is 472 g/mol. The lowest BCUT2D eigenvalue weighted by molar-refractivity contribution is -0.286. The van der Waals surface area contributed by atoms with Crippen molar-refractivity contribution in [2.45, 2.75) is 68.5 Å². The van der Waals surface area contributed by atoms with E-state index in [0.29, 0.717) is 36.3 Å². The molecule has 2 aliphatic heterocycles. The number of hydrogen-bond acceptors (Lipinski definition) is 6. The zero-order valence-corrected chi connectivity index (χ0v) is 19.8. The summed E-state index contributed by atoms with van der Waals surface area (Å²) in [4.78, 5) is 25.3. The van der Waals surface area contributed by atoms with Gasteiger partial charge in [0.15, 0.2) is 11.5 Å². The number of ether oxygens (including phenoxy) is 4. The number of methoxy groups -OCH3 is 1. The molecule has 9 heteroatoms. The van der Waals surface area contributed by atoms with Gasteiger partial charge in [0, 0.05) is 6.04 Å². The fourth-order valence-electron chi connectivity index (χ4n) is 5.35. The van der Waals surface area contributed by atoms with E-state index in [1.807, 2.05) is 12.1 Å². The number of rotatable bonds is 6. The zero-order chi connectivity index (χ0) is 25.1. The van der Waals surface area contributed by atoms with E-state index in [2.05, 4.69) is 14.8 Å². The van der Waals surface area contributed by atoms with Gasteiger partial charge in [-0.2, -0.15) is 0 Å². The third-order valence-electron chi connectivity index (χ3n) is 7.68. The minimum atomic E-state index is -3.69. The number of esters is 1. The highest BCUT2D eigenvalue weighted by molar-refractivity contribution is 5.92. The van der Waals surface area contributed by atoms with Crippen molar-refractivity contribution >= 4 is 11.9 Å². The third-order valence-corrected chi connectivity index (χ3v) is 7.68. The minimum absolute atomic E-state index is 0.0299. The highest BCUT2D eigenvalue weighted by atomic mass is 19.3. The van der Waals surface area contributed by atoms with Gasteiger partial charge in [0.2, 0.25) is 5.91 Å². The molecule has 190 valence electrons. The van der Waals surface area contributed by atoms with E-state index in [9.17, 15) is 18.4 Å².